The highest BCUT2D eigenvalue weighted by atomic mass is 15.4. The first-order chi connectivity index (χ1) is 8.77. The maximum atomic E-state index is 9.15. The Morgan fingerprint density at radius 1 is 1.44 bits per heavy atom. The summed E-state index contributed by atoms with van der Waals surface area (Å²) in [7, 11) is 0. The van der Waals surface area contributed by atoms with Crippen molar-refractivity contribution in [1.29, 1.82) is 5.26 Å². The van der Waals surface area contributed by atoms with Crippen LogP contribution in [0, 0.1) is 11.3 Å². The van der Waals surface area contributed by atoms with Crippen LogP contribution in [-0.4, -0.2) is 26.1 Å². The van der Waals surface area contributed by atoms with Crippen molar-refractivity contribution in [1.82, 2.24) is 19.6 Å². The van der Waals surface area contributed by atoms with E-state index in [1.165, 1.54) is 10.8 Å². The average Bonchev–Trinajstić information content (AvgIpc) is 2.74. The quantitative estimate of drug-likeness (QED) is 0.766. The molecule has 94 valence electrons. The van der Waals surface area contributed by atoms with Gasteiger partial charge in [-0.3, -0.25) is 0 Å². The number of nitriles is 1. The van der Waals surface area contributed by atoms with Gasteiger partial charge in [0.25, 0.3) is 0 Å². The standard InChI is InChI=1S/C11H15N7/c1-2-3-4-5-14-9-8(6-12)10-15-7-16-11(13)18(10)17-9/h7H,2-5H2,1H3,(H,14,17)(H2,13,15,16). The molecule has 0 saturated carbocycles. The zero-order valence-corrected chi connectivity index (χ0v) is 10.2. The number of hydrogen-bond donors (Lipinski definition) is 2. The molecule has 0 aliphatic carbocycles. The van der Waals surface area contributed by atoms with Crippen LogP contribution in [0.1, 0.15) is 31.7 Å². The summed E-state index contributed by atoms with van der Waals surface area (Å²) in [5.74, 6) is 0.735. The molecule has 2 heterocycles. The van der Waals surface area contributed by atoms with Crippen LogP contribution in [0.15, 0.2) is 6.33 Å². The predicted molar refractivity (Wildman–Crippen MR) is 67.9 cm³/mol. The molecule has 0 spiro atoms. The minimum atomic E-state index is 0.220. The monoisotopic (exact) mass is 245 g/mol. The Kier molecular flexibility index (Phi) is 3.57. The van der Waals surface area contributed by atoms with Gasteiger partial charge in [-0.2, -0.15) is 9.78 Å². The van der Waals surface area contributed by atoms with Gasteiger partial charge in [0.05, 0.1) is 0 Å². The van der Waals surface area contributed by atoms with Gasteiger partial charge in [0.1, 0.15) is 18.0 Å². The molecule has 0 aliphatic heterocycles. The second-order valence-electron chi connectivity index (χ2n) is 3.94. The first-order valence-electron chi connectivity index (χ1n) is 5.91. The number of nitrogens with zero attached hydrogens (tertiary/aromatic N) is 5. The van der Waals surface area contributed by atoms with Crippen LogP contribution in [0.4, 0.5) is 11.8 Å². The number of nitrogens with two attached hydrogens (primary N) is 1. The van der Waals surface area contributed by atoms with Crippen LogP contribution < -0.4 is 11.1 Å². The first-order valence-corrected chi connectivity index (χ1v) is 5.91. The summed E-state index contributed by atoms with van der Waals surface area (Å²) in [5, 5.41) is 16.5. The van der Waals surface area contributed by atoms with Crippen molar-refractivity contribution in [3.63, 3.8) is 0 Å². The fourth-order valence-electron chi connectivity index (χ4n) is 1.69. The van der Waals surface area contributed by atoms with E-state index in [9.17, 15) is 0 Å². The molecule has 3 N–H and O–H groups in total. The molecule has 0 aromatic carbocycles. The van der Waals surface area contributed by atoms with Crippen molar-refractivity contribution >= 4 is 17.4 Å². The topological polar surface area (TPSA) is 105 Å². The Hall–Kier alpha value is -2.36. The highest BCUT2D eigenvalue weighted by Crippen LogP contribution is 2.18. The van der Waals surface area contributed by atoms with Gasteiger partial charge in [0, 0.05) is 6.54 Å². The fraction of sp³-hybridized carbons (Fsp3) is 0.455. The zero-order valence-electron chi connectivity index (χ0n) is 10.2. The van der Waals surface area contributed by atoms with Gasteiger partial charge < -0.3 is 11.1 Å². The number of nitrogens with one attached hydrogen (secondary N) is 1. The van der Waals surface area contributed by atoms with Gasteiger partial charge >= 0.3 is 0 Å². The summed E-state index contributed by atoms with van der Waals surface area (Å²) in [6.45, 7) is 2.92. The molecule has 0 atom stereocenters. The summed E-state index contributed by atoms with van der Waals surface area (Å²) in [6.07, 6.45) is 4.66. The summed E-state index contributed by atoms with van der Waals surface area (Å²) in [4.78, 5) is 7.86. The third kappa shape index (κ3) is 2.18. The van der Waals surface area contributed by atoms with Gasteiger partial charge in [-0.05, 0) is 6.42 Å². The highest BCUT2D eigenvalue weighted by molar-refractivity contribution is 5.68. The summed E-state index contributed by atoms with van der Waals surface area (Å²) >= 11 is 0. The second-order valence-corrected chi connectivity index (χ2v) is 3.94. The molecule has 7 nitrogen and oxygen atoms in total. The Balaban J connectivity index is 2.28. The minimum Gasteiger partial charge on any atom is -0.368 e. The van der Waals surface area contributed by atoms with E-state index in [1.807, 2.05) is 0 Å². The minimum absolute atomic E-state index is 0.220. The molecule has 2 aromatic heterocycles. The Morgan fingerprint density at radius 3 is 3.00 bits per heavy atom. The van der Waals surface area contributed by atoms with E-state index in [0.29, 0.717) is 17.0 Å². The lowest BCUT2D eigenvalue weighted by Crippen LogP contribution is -2.04. The van der Waals surface area contributed by atoms with E-state index in [0.717, 1.165) is 25.8 Å². The maximum Gasteiger partial charge on any atom is 0.224 e. The number of aromatic nitrogens is 4. The van der Waals surface area contributed by atoms with Crippen LogP contribution >= 0.6 is 0 Å². The van der Waals surface area contributed by atoms with Crippen molar-refractivity contribution in [3.05, 3.63) is 11.9 Å². The number of fused-ring (bicyclic) bond motifs is 1. The van der Waals surface area contributed by atoms with Crippen LogP contribution in [0.5, 0.6) is 0 Å². The number of nitrogen functional groups attached to an aromatic ring is 1. The van der Waals surface area contributed by atoms with E-state index in [4.69, 9.17) is 11.0 Å². The molecule has 0 aliphatic rings. The van der Waals surface area contributed by atoms with Gasteiger partial charge in [-0.1, -0.05) is 19.8 Å². The van der Waals surface area contributed by atoms with E-state index in [-0.39, 0.29) is 5.95 Å². The van der Waals surface area contributed by atoms with Crippen molar-refractivity contribution in [2.75, 3.05) is 17.6 Å². The maximum absolute atomic E-state index is 9.15. The van der Waals surface area contributed by atoms with Crippen molar-refractivity contribution in [3.8, 4) is 6.07 Å². The van der Waals surface area contributed by atoms with E-state index in [1.54, 1.807) is 0 Å². The zero-order chi connectivity index (χ0) is 13.0. The molecule has 0 saturated heterocycles. The van der Waals surface area contributed by atoms with E-state index >= 15 is 0 Å². The molecule has 7 heteroatoms. The molecule has 0 radical (unpaired) electrons. The third-order valence-electron chi connectivity index (χ3n) is 2.63. The first kappa shape index (κ1) is 12.1. The van der Waals surface area contributed by atoms with Gasteiger partial charge in [0.2, 0.25) is 5.95 Å². The average molecular weight is 245 g/mol. The molecular weight excluding hydrogens is 230 g/mol. The number of hydrogen-bond acceptors (Lipinski definition) is 6. The van der Waals surface area contributed by atoms with Gasteiger partial charge in [0.15, 0.2) is 11.5 Å². The molecule has 2 aromatic rings. The lowest BCUT2D eigenvalue weighted by Gasteiger charge is -2.01. The fourth-order valence-corrected chi connectivity index (χ4v) is 1.69. The van der Waals surface area contributed by atoms with E-state index in [2.05, 4.69) is 33.4 Å². The lowest BCUT2D eigenvalue weighted by atomic mass is 10.2. The number of rotatable bonds is 5. The third-order valence-corrected chi connectivity index (χ3v) is 2.63. The lowest BCUT2D eigenvalue weighted by molar-refractivity contribution is 0.741. The summed E-state index contributed by atoms with van der Waals surface area (Å²) in [5.41, 5.74) is 6.52. The predicted octanol–water partition coefficient (Wildman–Crippen LogP) is 1.18. The van der Waals surface area contributed by atoms with Crippen molar-refractivity contribution in [2.24, 2.45) is 0 Å². The smallest absolute Gasteiger partial charge is 0.224 e. The van der Waals surface area contributed by atoms with Crippen LogP contribution in [0.3, 0.4) is 0 Å². The molecule has 18 heavy (non-hydrogen) atoms. The molecule has 0 unspecified atom stereocenters. The van der Waals surface area contributed by atoms with Crippen molar-refractivity contribution in [2.45, 2.75) is 26.2 Å². The Morgan fingerprint density at radius 2 is 2.28 bits per heavy atom. The Labute approximate surface area is 105 Å². The second kappa shape index (κ2) is 5.31. The van der Waals surface area contributed by atoms with Crippen LogP contribution in [0.2, 0.25) is 0 Å². The molecular formula is C11H15N7. The van der Waals surface area contributed by atoms with Crippen LogP contribution in [-0.2, 0) is 0 Å². The molecule has 0 fully saturated rings. The van der Waals surface area contributed by atoms with Crippen molar-refractivity contribution < 1.29 is 0 Å². The molecule has 2 rings (SSSR count). The van der Waals surface area contributed by atoms with E-state index < -0.39 is 0 Å². The largest absolute Gasteiger partial charge is 0.368 e. The highest BCUT2D eigenvalue weighted by Gasteiger charge is 2.14. The SMILES string of the molecule is CCCCCNc1nn2c(N)ncnc2c1C#N. The number of unbranched alkanes of at least 4 members (excludes halogenated alkanes) is 2. The molecule has 0 bridgehead atoms. The van der Waals surface area contributed by atoms with Crippen LogP contribution in [0.25, 0.3) is 5.65 Å². The molecule has 0 amide bonds. The Bertz CT molecular complexity index is 581. The number of anilines is 2. The van der Waals surface area contributed by atoms with Gasteiger partial charge in [-0.25, -0.2) is 9.97 Å². The summed E-state index contributed by atoms with van der Waals surface area (Å²) in [6, 6.07) is 2.10. The van der Waals surface area contributed by atoms with Gasteiger partial charge in [-0.15, -0.1) is 5.10 Å². The normalized spacial score (nSPS) is 10.4. The summed E-state index contributed by atoms with van der Waals surface area (Å²) < 4.78 is 1.38.